The van der Waals surface area contributed by atoms with Gasteiger partial charge in [0.05, 0.1) is 12.3 Å². The summed E-state index contributed by atoms with van der Waals surface area (Å²) in [6.07, 6.45) is 0. The predicted molar refractivity (Wildman–Crippen MR) is 124 cm³/mol. The number of carbonyl (C=O) groups excluding carboxylic acids is 3. The molecular formula is C23H27N3O4S. The molecule has 0 aliphatic rings. The Hall–Kier alpha value is -3.13. The van der Waals surface area contributed by atoms with E-state index in [0.29, 0.717) is 5.69 Å². The fourth-order valence-corrected chi connectivity index (χ4v) is 4.76. The van der Waals surface area contributed by atoms with E-state index in [1.807, 2.05) is 45.9 Å². The molecule has 0 fully saturated rings. The van der Waals surface area contributed by atoms with Gasteiger partial charge in [0.2, 0.25) is 11.8 Å². The van der Waals surface area contributed by atoms with Gasteiger partial charge < -0.3 is 19.9 Å². The molecule has 0 aliphatic heterocycles. The molecule has 2 amide bonds. The SMILES string of the molecule is CCOC(=O)c1c(NC(C)=O)c2c(C)c(C)sc2n1CC(=O)Nc1ccc(C)cc1C. The Morgan fingerprint density at radius 3 is 2.42 bits per heavy atom. The lowest BCUT2D eigenvalue weighted by Crippen LogP contribution is -2.23. The number of ether oxygens (including phenoxy) is 1. The number of hydrogen-bond donors (Lipinski definition) is 2. The van der Waals surface area contributed by atoms with Crippen LogP contribution in [0.5, 0.6) is 0 Å². The molecule has 164 valence electrons. The van der Waals surface area contributed by atoms with Gasteiger partial charge in [0.15, 0.2) is 5.69 Å². The molecule has 2 heterocycles. The number of aromatic nitrogens is 1. The Morgan fingerprint density at radius 1 is 1.10 bits per heavy atom. The van der Waals surface area contributed by atoms with Crippen molar-refractivity contribution in [2.24, 2.45) is 0 Å². The van der Waals surface area contributed by atoms with Gasteiger partial charge in [-0.1, -0.05) is 17.7 Å². The van der Waals surface area contributed by atoms with Crippen molar-refractivity contribution in [3.05, 3.63) is 45.5 Å². The van der Waals surface area contributed by atoms with Crippen molar-refractivity contribution in [2.75, 3.05) is 17.2 Å². The minimum Gasteiger partial charge on any atom is -0.461 e. The maximum absolute atomic E-state index is 13.0. The molecule has 0 saturated carbocycles. The number of anilines is 2. The fourth-order valence-electron chi connectivity index (χ4n) is 3.60. The summed E-state index contributed by atoms with van der Waals surface area (Å²) in [5, 5.41) is 6.47. The average Bonchev–Trinajstić information content (AvgIpc) is 3.12. The van der Waals surface area contributed by atoms with Gasteiger partial charge in [-0.15, -0.1) is 11.3 Å². The number of amides is 2. The lowest BCUT2D eigenvalue weighted by atomic mass is 10.1. The van der Waals surface area contributed by atoms with E-state index in [-0.39, 0.29) is 30.7 Å². The van der Waals surface area contributed by atoms with Gasteiger partial charge in [0.1, 0.15) is 11.4 Å². The normalized spacial score (nSPS) is 10.9. The van der Waals surface area contributed by atoms with E-state index in [2.05, 4.69) is 10.6 Å². The second-order valence-electron chi connectivity index (χ2n) is 7.54. The largest absolute Gasteiger partial charge is 0.461 e. The number of aryl methyl sites for hydroxylation is 4. The van der Waals surface area contributed by atoms with Crippen molar-refractivity contribution in [1.29, 1.82) is 0 Å². The maximum atomic E-state index is 13.0. The Bertz CT molecular complexity index is 1190. The number of nitrogens with zero attached hydrogens (tertiary/aromatic N) is 1. The van der Waals surface area contributed by atoms with Crippen LogP contribution in [0.1, 0.15) is 45.9 Å². The van der Waals surface area contributed by atoms with E-state index < -0.39 is 5.97 Å². The molecule has 0 aliphatic carbocycles. The zero-order valence-corrected chi connectivity index (χ0v) is 19.5. The van der Waals surface area contributed by atoms with Crippen LogP contribution in [-0.4, -0.2) is 29.0 Å². The standard InChI is InChI=1S/C23H27N3O4S/c1-7-30-23(29)21-20(24-16(6)27)19-14(4)15(5)31-22(19)26(21)11-18(28)25-17-9-8-12(2)10-13(17)3/h8-10H,7,11H2,1-6H3,(H,24,27)(H,25,28). The molecule has 0 radical (unpaired) electrons. The Kier molecular flexibility index (Phi) is 6.50. The number of thiophene rings is 1. The first-order valence-electron chi connectivity index (χ1n) is 10.1. The number of benzene rings is 1. The molecule has 0 atom stereocenters. The summed E-state index contributed by atoms with van der Waals surface area (Å²) in [5.74, 6) is -1.15. The van der Waals surface area contributed by atoms with Gasteiger partial charge in [-0.2, -0.15) is 0 Å². The molecular weight excluding hydrogens is 414 g/mol. The summed E-state index contributed by atoms with van der Waals surface area (Å²) in [7, 11) is 0. The molecule has 8 heteroatoms. The lowest BCUT2D eigenvalue weighted by Gasteiger charge is -2.13. The average molecular weight is 442 g/mol. The van der Waals surface area contributed by atoms with Gasteiger partial charge in [0, 0.05) is 22.9 Å². The van der Waals surface area contributed by atoms with Crippen molar-refractivity contribution in [3.8, 4) is 0 Å². The van der Waals surface area contributed by atoms with E-state index in [9.17, 15) is 14.4 Å². The van der Waals surface area contributed by atoms with Crippen LogP contribution in [0.15, 0.2) is 18.2 Å². The van der Waals surface area contributed by atoms with Gasteiger partial charge in [-0.25, -0.2) is 4.79 Å². The van der Waals surface area contributed by atoms with Crippen LogP contribution in [-0.2, 0) is 20.9 Å². The highest BCUT2D eigenvalue weighted by Crippen LogP contribution is 2.40. The third-order valence-electron chi connectivity index (χ3n) is 5.10. The van der Waals surface area contributed by atoms with Crippen molar-refractivity contribution >= 4 is 50.7 Å². The van der Waals surface area contributed by atoms with Crippen LogP contribution in [0.4, 0.5) is 11.4 Å². The first-order valence-corrected chi connectivity index (χ1v) is 10.9. The van der Waals surface area contributed by atoms with Crippen LogP contribution in [0.2, 0.25) is 0 Å². The van der Waals surface area contributed by atoms with Gasteiger partial charge >= 0.3 is 5.97 Å². The first-order chi connectivity index (χ1) is 14.6. The van der Waals surface area contributed by atoms with Gasteiger partial charge in [-0.3, -0.25) is 9.59 Å². The van der Waals surface area contributed by atoms with Crippen molar-refractivity contribution in [3.63, 3.8) is 0 Å². The number of fused-ring (bicyclic) bond motifs is 1. The minimum absolute atomic E-state index is 0.0864. The number of hydrogen-bond acceptors (Lipinski definition) is 5. The van der Waals surface area contributed by atoms with Gasteiger partial charge in [-0.05, 0) is 51.8 Å². The summed E-state index contributed by atoms with van der Waals surface area (Å²) >= 11 is 1.48. The molecule has 0 bridgehead atoms. The monoisotopic (exact) mass is 441 g/mol. The summed E-state index contributed by atoms with van der Waals surface area (Å²) < 4.78 is 6.89. The highest BCUT2D eigenvalue weighted by Gasteiger charge is 2.29. The third kappa shape index (κ3) is 4.49. The van der Waals surface area contributed by atoms with Crippen LogP contribution in [0.3, 0.4) is 0 Å². The number of esters is 1. The number of rotatable bonds is 6. The van der Waals surface area contributed by atoms with E-state index in [1.54, 1.807) is 11.5 Å². The Labute approximate surface area is 185 Å². The first kappa shape index (κ1) is 22.6. The van der Waals surface area contributed by atoms with E-state index in [0.717, 1.165) is 37.5 Å². The van der Waals surface area contributed by atoms with Crippen molar-refractivity contribution in [2.45, 2.75) is 48.1 Å². The lowest BCUT2D eigenvalue weighted by molar-refractivity contribution is -0.116. The van der Waals surface area contributed by atoms with E-state index in [1.165, 1.54) is 18.3 Å². The van der Waals surface area contributed by atoms with Crippen LogP contribution in [0, 0.1) is 27.7 Å². The molecule has 3 rings (SSSR count). The van der Waals surface area contributed by atoms with Crippen LogP contribution in [0.25, 0.3) is 10.2 Å². The van der Waals surface area contributed by atoms with E-state index in [4.69, 9.17) is 4.74 Å². The zero-order chi connectivity index (χ0) is 22.9. The molecule has 1 aromatic carbocycles. The third-order valence-corrected chi connectivity index (χ3v) is 6.33. The minimum atomic E-state index is -0.578. The summed E-state index contributed by atoms with van der Waals surface area (Å²) in [6.45, 7) is 11.0. The second kappa shape index (κ2) is 8.93. The molecule has 2 N–H and O–H groups in total. The quantitative estimate of drug-likeness (QED) is 0.542. The maximum Gasteiger partial charge on any atom is 0.357 e. The van der Waals surface area contributed by atoms with Crippen LogP contribution < -0.4 is 10.6 Å². The zero-order valence-electron chi connectivity index (χ0n) is 18.6. The van der Waals surface area contributed by atoms with Gasteiger partial charge in [0.25, 0.3) is 0 Å². The molecule has 2 aromatic heterocycles. The molecule has 0 unspecified atom stereocenters. The van der Waals surface area contributed by atoms with Crippen molar-refractivity contribution < 1.29 is 19.1 Å². The summed E-state index contributed by atoms with van der Waals surface area (Å²) in [5.41, 5.74) is 4.31. The molecule has 0 spiro atoms. The van der Waals surface area contributed by atoms with E-state index >= 15 is 0 Å². The molecule has 3 aromatic rings. The summed E-state index contributed by atoms with van der Waals surface area (Å²) in [4.78, 5) is 39.5. The molecule has 31 heavy (non-hydrogen) atoms. The fraction of sp³-hybridized carbons (Fsp3) is 0.348. The smallest absolute Gasteiger partial charge is 0.357 e. The Balaban J connectivity index is 2.09. The second-order valence-corrected chi connectivity index (χ2v) is 8.74. The summed E-state index contributed by atoms with van der Waals surface area (Å²) in [6, 6.07) is 5.79. The number of carbonyl (C=O) groups is 3. The molecule has 7 nitrogen and oxygen atoms in total. The van der Waals surface area contributed by atoms with Crippen LogP contribution >= 0.6 is 11.3 Å². The highest BCUT2D eigenvalue weighted by atomic mass is 32.1. The Morgan fingerprint density at radius 2 is 1.81 bits per heavy atom. The topological polar surface area (TPSA) is 89.4 Å². The predicted octanol–water partition coefficient (Wildman–Crippen LogP) is 4.71. The number of nitrogens with one attached hydrogen (secondary N) is 2. The molecule has 0 saturated heterocycles. The van der Waals surface area contributed by atoms with Crippen molar-refractivity contribution in [1.82, 2.24) is 4.57 Å². The highest BCUT2D eigenvalue weighted by molar-refractivity contribution is 7.19.